The van der Waals surface area contributed by atoms with E-state index in [2.05, 4.69) is 9.71 Å². The fourth-order valence-corrected chi connectivity index (χ4v) is 4.03. The molecule has 0 radical (unpaired) electrons. The van der Waals surface area contributed by atoms with Crippen molar-refractivity contribution in [2.24, 2.45) is 5.92 Å². The summed E-state index contributed by atoms with van der Waals surface area (Å²) in [5.41, 5.74) is -0.245. The summed E-state index contributed by atoms with van der Waals surface area (Å²) in [4.78, 5) is 16.1. The Morgan fingerprint density at radius 3 is 2.31 bits per heavy atom. The van der Waals surface area contributed by atoms with Crippen LogP contribution in [0.4, 0.5) is 13.2 Å². The van der Waals surface area contributed by atoms with Crippen molar-refractivity contribution in [3.8, 4) is 0 Å². The average molecular weight is 430 g/mol. The van der Waals surface area contributed by atoms with Crippen LogP contribution in [0.25, 0.3) is 0 Å². The lowest BCUT2D eigenvalue weighted by Crippen LogP contribution is -2.47. The molecule has 0 saturated heterocycles. The molecule has 1 N–H and O–H groups in total. The molecule has 0 aliphatic heterocycles. The second kappa shape index (κ2) is 9.36. The normalized spacial score (nSPS) is 14.2. The zero-order valence-corrected chi connectivity index (χ0v) is 16.6. The predicted octanol–water partition coefficient (Wildman–Crippen LogP) is 3.19. The molecule has 0 bridgehead atoms. The standard InChI is InChI=1S/C19H21F3N2O4S/c1-3-14(12-13-7-9-15(10-8-13)19(20,21)22)17(18(25)28-2)24-29(26,27)16-6-4-5-11-23-16/h4-11,14,17,24H,3,12H2,1-2H3/t14-,17-/m0/s1. The molecule has 0 amide bonds. The molecule has 10 heteroatoms. The molecule has 0 spiro atoms. The van der Waals surface area contributed by atoms with Crippen LogP contribution in [-0.4, -0.2) is 32.5 Å². The molecule has 2 rings (SSSR count). The summed E-state index contributed by atoms with van der Waals surface area (Å²) in [5.74, 6) is -1.33. The third-order valence-corrected chi connectivity index (χ3v) is 5.78. The molecule has 6 nitrogen and oxygen atoms in total. The first-order chi connectivity index (χ1) is 13.6. The monoisotopic (exact) mass is 430 g/mol. The number of carbonyl (C=O) groups is 1. The maximum absolute atomic E-state index is 12.7. The number of pyridine rings is 1. The minimum absolute atomic E-state index is 0.180. The van der Waals surface area contributed by atoms with E-state index in [1.54, 1.807) is 13.0 Å². The predicted molar refractivity (Wildman–Crippen MR) is 99.3 cm³/mol. The lowest BCUT2D eigenvalue weighted by atomic mass is 9.90. The van der Waals surface area contributed by atoms with Crippen LogP contribution < -0.4 is 4.72 Å². The molecule has 0 saturated carbocycles. The summed E-state index contributed by atoms with van der Waals surface area (Å²) >= 11 is 0. The Bertz CT molecular complexity index is 917. The van der Waals surface area contributed by atoms with Crippen molar-refractivity contribution in [1.29, 1.82) is 0 Å². The first-order valence-electron chi connectivity index (χ1n) is 8.75. The molecule has 1 heterocycles. The zero-order chi connectivity index (χ0) is 21.7. The van der Waals surface area contributed by atoms with Gasteiger partial charge in [0.2, 0.25) is 0 Å². The van der Waals surface area contributed by atoms with E-state index in [1.165, 1.54) is 30.5 Å². The maximum Gasteiger partial charge on any atom is 0.416 e. The summed E-state index contributed by atoms with van der Waals surface area (Å²) in [7, 11) is -2.96. The van der Waals surface area contributed by atoms with Gasteiger partial charge in [0.15, 0.2) is 5.03 Å². The van der Waals surface area contributed by atoms with Gasteiger partial charge >= 0.3 is 12.1 Å². The third-order valence-electron chi connectivity index (χ3n) is 4.43. The van der Waals surface area contributed by atoms with E-state index >= 15 is 0 Å². The lowest BCUT2D eigenvalue weighted by Gasteiger charge is -2.25. The summed E-state index contributed by atoms with van der Waals surface area (Å²) in [6, 6.07) is 7.64. The van der Waals surface area contributed by atoms with E-state index in [0.29, 0.717) is 12.0 Å². The number of sulfonamides is 1. The second-order valence-corrected chi connectivity index (χ2v) is 8.02. The first-order valence-corrected chi connectivity index (χ1v) is 10.2. The van der Waals surface area contributed by atoms with Crippen molar-refractivity contribution in [2.45, 2.75) is 37.0 Å². The van der Waals surface area contributed by atoms with E-state index in [0.717, 1.165) is 19.2 Å². The smallest absolute Gasteiger partial charge is 0.416 e. The van der Waals surface area contributed by atoms with Crippen LogP contribution in [0.1, 0.15) is 24.5 Å². The van der Waals surface area contributed by atoms with Gasteiger partial charge in [-0.3, -0.25) is 4.79 Å². The molecule has 1 aromatic heterocycles. The molecule has 2 atom stereocenters. The Morgan fingerprint density at radius 1 is 1.17 bits per heavy atom. The number of esters is 1. The fourth-order valence-electron chi connectivity index (χ4n) is 2.83. The molecule has 0 aliphatic rings. The van der Waals surface area contributed by atoms with Crippen LogP contribution in [0.15, 0.2) is 53.7 Å². The number of hydrogen-bond acceptors (Lipinski definition) is 5. The highest BCUT2D eigenvalue weighted by Gasteiger charge is 2.34. The summed E-state index contributed by atoms with van der Waals surface area (Å²) < 4.78 is 70.4. The summed E-state index contributed by atoms with van der Waals surface area (Å²) in [5, 5.41) is -0.252. The first kappa shape index (κ1) is 22.8. The number of alkyl halides is 3. The van der Waals surface area contributed by atoms with Crippen molar-refractivity contribution >= 4 is 16.0 Å². The number of nitrogens with zero attached hydrogens (tertiary/aromatic N) is 1. The van der Waals surface area contributed by atoms with E-state index in [4.69, 9.17) is 4.74 Å². The van der Waals surface area contributed by atoms with Crippen LogP contribution >= 0.6 is 0 Å². The molecular formula is C19H21F3N2O4S. The van der Waals surface area contributed by atoms with Gasteiger partial charge in [0, 0.05) is 6.20 Å². The van der Waals surface area contributed by atoms with Gasteiger partial charge in [-0.15, -0.1) is 0 Å². The number of rotatable bonds is 8. The highest BCUT2D eigenvalue weighted by atomic mass is 32.2. The minimum atomic E-state index is -4.45. The van der Waals surface area contributed by atoms with Gasteiger partial charge in [-0.25, -0.2) is 13.4 Å². The average Bonchev–Trinajstić information content (AvgIpc) is 2.70. The Morgan fingerprint density at radius 2 is 1.83 bits per heavy atom. The second-order valence-electron chi connectivity index (χ2n) is 6.36. The Hall–Kier alpha value is -2.46. The van der Waals surface area contributed by atoms with Crippen LogP contribution in [0, 0.1) is 5.92 Å². The van der Waals surface area contributed by atoms with Gasteiger partial charge in [-0.2, -0.15) is 17.9 Å². The number of aromatic nitrogens is 1. The molecule has 29 heavy (non-hydrogen) atoms. The van der Waals surface area contributed by atoms with Gasteiger partial charge in [-0.05, 0) is 42.2 Å². The van der Waals surface area contributed by atoms with Gasteiger partial charge in [0.1, 0.15) is 6.04 Å². The number of methoxy groups -OCH3 is 1. The van der Waals surface area contributed by atoms with Crippen LogP contribution in [0.2, 0.25) is 0 Å². The van der Waals surface area contributed by atoms with E-state index in [-0.39, 0.29) is 11.4 Å². The van der Waals surface area contributed by atoms with Crippen molar-refractivity contribution in [3.05, 3.63) is 59.8 Å². The summed E-state index contributed by atoms with van der Waals surface area (Å²) in [6.07, 6.45) is -2.58. The van der Waals surface area contributed by atoms with Crippen LogP contribution in [0.3, 0.4) is 0 Å². The van der Waals surface area contributed by atoms with Crippen molar-refractivity contribution in [3.63, 3.8) is 0 Å². The zero-order valence-electron chi connectivity index (χ0n) is 15.8. The third kappa shape index (κ3) is 6.01. The molecular weight excluding hydrogens is 409 g/mol. The highest BCUT2D eigenvalue weighted by molar-refractivity contribution is 7.89. The number of nitrogens with one attached hydrogen (secondary N) is 1. The van der Waals surface area contributed by atoms with Gasteiger partial charge < -0.3 is 4.74 Å². The molecule has 2 aromatic rings. The van der Waals surface area contributed by atoms with Crippen LogP contribution in [0.5, 0.6) is 0 Å². The van der Waals surface area contributed by atoms with Crippen molar-refractivity contribution < 1.29 is 31.1 Å². The van der Waals surface area contributed by atoms with Crippen molar-refractivity contribution in [1.82, 2.24) is 9.71 Å². The number of halogens is 3. The Balaban J connectivity index is 2.26. The van der Waals surface area contributed by atoms with Crippen molar-refractivity contribution in [2.75, 3.05) is 7.11 Å². The molecule has 158 valence electrons. The Kier molecular flexibility index (Phi) is 7.37. The highest BCUT2D eigenvalue weighted by Crippen LogP contribution is 2.29. The summed E-state index contributed by atoms with van der Waals surface area (Å²) in [6.45, 7) is 1.75. The quantitative estimate of drug-likeness (QED) is 0.650. The van der Waals surface area contributed by atoms with E-state index in [1.807, 2.05) is 0 Å². The number of carbonyl (C=O) groups excluding carboxylic acids is 1. The largest absolute Gasteiger partial charge is 0.468 e. The number of benzene rings is 1. The molecule has 0 aliphatic carbocycles. The number of hydrogen-bond donors (Lipinski definition) is 1. The molecule has 1 aromatic carbocycles. The minimum Gasteiger partial charge on any atom is -0.468 e. The Labute approximate surface area is 167 Å². The van der Waals surface area contributed by atoms with Gasteiger partial charge in [0.25, 0.3) is 10.0 Å². The number of ether oxygens (including phenoxy) is 1. The SMILES string of the molecule is CC[C@@H](Cc1ccc(C(F)(F)F)cc1)[C@H](NS(=O)(=O)c1ccccn1)C(=O)OC. The topological polar surface area (TPSA) is 85.4 Å². The maximum atomic E-state index is 12.7. The van der Waals surface area contributed by atoms with Gasteiger partial charge in [-0.1, -0.05) is 31.5 Å². The molecule has 0 unspecified atom stereocenters. The fraction of sp³-hybridized carbons (Fsp3) is 0.368. The van der Waals surface area contributed by atoms with E-state index < -0.39 is 39.7 Å². The van der Waals surface area contributed by atoms with Crippen LogP contribution in [-0.2, 0) is 32.2 Å². The van der Waals surface area contributed by atoms with E-state index in [9.17, 15) is 26.4 Å². The molecule has 0 fully saturated rings. The lowest BCUT2D eigenvalue weighted by molar-refractivity contribution is -0.144. The van der Waals surface area contributed by atoms with Gasteiger partial charge in [0.05, 0.1) is 12.7 Å².